The van der Waals surface area contributed by atoms with Gasteiger partial charge in [0.25, 0.3) is 0 Å². The predicted octanol–water partition coefficient (Wildman–Crippen LogP) is 1.26. The Hall–Kier alpha value is -1.92. The van der Waals surface area contributed by atoms with Crippen molar-refractivity contribution >= 4 is 11.9 Å². The summed E-state index contributed by atoms with van der Waals surface area (Å²) in [7, 11) is 0. The molecule has 2 rings (SSSR count). The fraction of sp³-hybridized carbons (Fsp3) is 0.714. The van der Waals surface area contributed by atoms with Crippen LogP contribution in [0.3, 0.4) is 0 Å². The van der Waals surface area contributed by atoms with Gasteiger partial charge in [-0.05, 0) is 19.8 Å². The molecule has 1 amide bonds. The molecule has 116 valence electrons. The number of carbonyl (C=O) groups excluding carboxylic acids is 1. The van der Waals surface area contributed by atoms with Crippen LogP contribution in [-0.4, -0.2) is 50.0 Å². The number of rotatable bonds is 5. The number of carbonyl (C=O) groups is 2. The number of carboxylic acid groups (broad SMARTS) is 1. The molecule has 0 aromatic carbocycles. The summed E-state index contributed by atoms with van der Waals surface area (Å²) in [5, 5.41) is 16.6. The minimum absolute atomic E-state index is 0.0210. The molecule has 7 nitrogen and oxygen atoms in total. The molecule has 2 heterocycles. The van der Waals surface area contributed by atoms with Crippen molar-refractivity contribution in [3.05, 3.63) is 11.9 Å². The topological polar surface area (TPSA) is 88.3 Å². The van der Waals surface area contributed by atoms with Crippen molar-refractivity contribution in [2.45, 2.75) is 51.5 Å². The van der Waals surface area contributed by atoms with E-state index in [0.717, 1.165) is 25.9 Å². The number of aromatic nitrogens is 3. The molecule has 0 aliphatic carbocycles. The van der Waals surface area contributed by atoms with E-state index in [2.05, 4.69) is 10.3 Å². The Morgan fingerprint density at radius 3 is 2.57 bits per heavy atom. The summed E-state index contributed by atoms with van der Waals surface area (Å²) in [6.07, 6.45) is 6.50. The Labute approximate surface area is 123 Å². The van der Waals surface area contributed by atoms with Crippen molar-refractivity contribution in [2.24, 2.45) is 0 Å². The summed E-state index contributed by atoms with van der Waals surface area (Å²) in [6, 6.07) is -0.394. The number of aryl methyl sites for hydroxylation is 1. The molecule has 0 radical (unpaired) electrons. The molecule has 0 spiro atoms. The van der Waals surface area contributed by atoms with Gasteiger partial charge in [-0.15, -0.1) is 5.10 Å². The Morgan fingerprint density at radius 2 is 1.95 bits per heavy atom. The summed E-state index contributed by atoms with van der Waals surface area (Å²) in [6.45, 7) is 3.43. The second kappa shape index (κ2) is 7.19. The van der Waals surface area contributed by atoms with E-state index in [-0.39, 0.29) is 12.3 Å². The monoisotopic (exact) mass is 294 g/mol. The van der Waals surface area contributed by atoms with Gasteiger partial charge in [0.05, 0.1) is 12.1 Å². The van der Waals surface area contributed by atoms with Crippen molar-refractivity contribution in [3.63, 3.8) is 0 Å². The van der Waals surface area contributed by atoms with E-state index in [1.807, 2.05) is 11.8 Å². The first-order valence-electron chi connectivity index (χ1n) is 7.49. The lowest BCUT2D eigenvalue weighted by atomic mass is 10.2. The van der Waals surface area contributed by atoms with E-state index in [1.54, 1.807) is 6.20 Å². The number of likely N-dealkylation sites (tertiary alicyclic amines) is 1. The lowest BCUT2D eigenvalue weighted by Gasteiger charge is -2.23. The van der Waals surface area contributed by atoms with E-state index < -0.39 is 12.0 Å². The molecular weight excluding hydrogens is 272 g/mol. The van der Waals surface area contributed by atoms with Gasteiger partial charge in [0.15, 0.2) is 0 Å². The molecule has 1 atom stereocenters. The fourth-order valence-corrected chi connectivity index (χ4v) is 2.52. The summed E-state index contributed by atoms with van der Waals surface area (Å²) in [4.78, 5) is 24.9. The van der Waals surface area contributed by atoms with Crippen LogP contribution in [0.2, 0.25) is 0 Å². The third-order valence-electron chi connectivity index (χ3n) is 3.82. The molecular formula is C14H22N4O3. The number of nitrogens with zero attached hydrogens (tertiary/aromatic N) is 4. The van der Waals surface area contributed by atoms with E-state index in [0.29, 0.717) is 12.1 Å². The predicted molar refractivity (Wildman–Crippen MR) is 75.7 cm³/mol. The standard InChI is InChI=1S/C14H22N4O3/c1-11(14(21)17-8-4-2-3-5-9-17)18-10-12(15-16-18)6-7-13(19)20/h10-11H,2-9H2,1H3,(H,19,20). The van der Waals surface area contributed by atoms with Crippen LogP contribution in [0.1, 0.15) is 50.8 Å². The Bertz CT molecular complexity index is 492. The zero-order valence-corrected chi connectivity index (χ0v) is 12.4. The zero-order valence-electron chi connectivity index (χ0n) is 12.4. The van der Waals surface area contributed by atoms with Gasteiger partial charge in [0.2, 0.25) is 5.91 Å². The van der Waals surface area contributed by atoms with Gasteiger partial charge >= 0.3 is 5.97 Å². The van der Waals surface area contributed by atoms with Crippen LogP contribution >= 0.6 is 0 Å². The van der Waals surface area contributed by atoms with Gasteiger partial charge in [0, 0.05) is 25.7 Å². The number of hydrogen-bond donors (Lipinski definition) is 1. The molecule has 1 N–H and O–H groups in total. The molecule has 1 aliphatic rings. The maximum atomic E-state index is 12.5. The minimum atomic E-state index is -0.863. The SMILES string of the molecule is CC(C(=O)N1CCCCCC1)n1cc(CCC(=O)O)nn1. The molecule has 7 heteroatoms. The molecule has 1 fully saturated rings. The highest BCUT2D eigenvalue weighted by Gasteiger charge is 2.23. The average molecular weight is 294 g/mol. The average Bonchev–Trinajstić information content (AvgIpc) is 2.77. The number of amides is 1. The Morgan fingerprint density at radius 1 is 1.29 bits per heavy atom. The molecule has 1 aromatic heterocycles. The van der Waals surface area contributed by atoms with Crippen molar-refractivity contribution in [3.8, 4) is 0 Å². The van der Waals surface area contributed by atoms with Crippen molar-refractivity contribution in [2.75, 3.05) is 13.1 Å². The summed E-state index contributed by atoms with van der Waals surface area (Å²) in [5.41, 5.74) is 0.605. The van der Waals surface area contributed by atoms with Gasteiger partial charge in [-0.2, -0.15) is 0 Å². The van der Waals surface area contributed by atoms with E-state index >= 15 is 0 Å². The van der Waals surface area contributed by atoms with Crippen molar-refractivity contribution in [1.82, 2.24) is 19.9 Å². The van der Waals surface area contributed by atoms with Crippen molar-refractivity contribution in [1.29, 1.82) is 0 Å². The van der Waals surface area contributed by atoms with Gasteiger partial charge in [0.1, 0.15) is 6.04 Å². The van der Waals surface area contributed by atoms with Gasteiger partial charge < -0.3 is 10.0 Å². The second-order valence-corrected chi connectivity index (χ2v) is 5.50. The third kappa shape index (κ3) is 4.27. The number of carboxylic acids is 1. The normalized spacial score (nSPS) is 17.3. The molecule has 0 bridgehead atoms. The highest BCUT2D eigenvalue weighted by Crippen LogP contribution is 2.15. The molecule has 1 saturated heterocycles. The quantitative estimate of drug-likeness (QED) is 0.883. The molecule has 1 aromatic rings. The smallest absolute Gasteiger partial charge is 0.303 e. The van der Waals surface area contributed by atoms with Crippen LogP contribution in [0.5, 0.6) is 0 Å². The van der Waals surface area contributed by atoms with Crippen LogP contribution in [0.25, 0.3) is 0 Å². The van der Waals surface area contributed by atoms with Crippen LogP contribution in [-0.2, 0) is 16.0 Å². The van der Waals surface area contributed by atoms with Crippen LogP contribution in [0.4, 0.5) is 0 Å². The summed E-state index contributed by atoms with van der Waals surface area (Å²) >= 11 is 0. The van der Waals surface area contributed by atoms with E-state index in [4.69, 9.17) is 5.11 Å². The van der Waals surface area contributed by atoms with Crippen LogP contribution in [0, 0.1) is 0 Å². The lowest BCUT2D eigenvalue weighted by molar-refractivity contribution is -0.137. The Balaban J connectivity index is 1.96. The fourth-order valence-electron chi connectivity index (χ4n) is 2.52. The minimum Gasteiger partial charge on any atom is -0.481 e. The first kappa shape index (κ1) is 15.5. The van der Waals surface area contributed by atoms with Gasteiger partial charge in [-0.1, -0.05) is 18.1 Å². The number of hydrogen-bond acceptors (Lipinski definition) is 4. The van der Waals surface area contributed by atoms with Gasteiger partial charge in [-0.3, -0.25) is 9.59 Å². The largest absolute Gasteiger partial charge is 0.481 e. The lowest BCUT2D eigenvalue weighted by Crippen LogP contribution is -2.37. The number of aliphatic carboxylic acids is 1. The highest BCUT2D eigenvalue weighted by molar-refractivity contribution is 5.80. The van der Waals surface area contributed by atoms with Crippen LogP contribution < -0.4 is 0 Å². The molecule has 0 saturated carbocycles. The molecule has 1 aliphatic heterocycles. The maximum Gasteiger partial charge on any atom is 0.303 e. The van der Waals surface area contributed by atoms with Crippen LogP contribution in [0.15, 0.2) is 6.20 Å². The van der Waals surface area contributed by atoms with E-state index in [1.165, 1.54) is 17.5 Å². The van der Waals surface area contributed by atoms with Gasteiger partial charge in [-0.25, -0.2) is 4.68 Å². The summed E-state index contributed by atoms with van der Waals surface area (Å²) < 4.78 is 1.53. The zero-order chi connectivity index (χ0) is 15.2. The second-order valence-electron chi connectivity index (χ2n) is 5.50. The summed E-state index contributed by atoms with van der Waals surface area (Å²) in [5.74, 6) is -0.801. The molecule has 1 unspecified atom stereocenters. The highest BCUT2D eigenvalue weighted by atomic mass is 16.4. The Kier molecular flexibility index (Phi) is 5.30. The first-order valence-corrected chi connectivity index (χ1v) is 7.49. The van der Waals surface area contributed by atoms with E-state index in [9.17, 15) is 9.59 Å². The molecule has 21 heavy (non-hydrogen) atoms. The third-order valence-corrected chi connectivity index (χ3v) is 3.82. The van der Waals surface area contributed by atoms with Crippen molar-refractivity contribution < 1.29 is 14.7 Å². The first-order chi connectivity index (χ1) is 10.1. The maximum absolute atomic E-state index is 12.5.